The first-order valence-electron chi connectivity index (χ1n) is 6.75. The van der Waals surface area contributed by atoms with Gasteiger partial charge < -0.3 is 9.21 Å². The van der Waals surface area contributed by atoms with E-state index in [2.05, 4.69) is 0 Å². The Hall–Kier alpha value is -2.68. The zero-order valence-electron chi connectivity index (χ0n) is 11.6. The molecule has 3 aromatic rings. The van der Waals surface area contributed by atoms with Crippen LogP contribution in [0.3, 0.4) is 0 Å². The van der Waals surface area contributed by atoms with Crippen LogP contribution >= 0.6 is 0 Å². The number of benzene rings is 2. The van der Waals surface area contributed by atoms with E-state index in [1.807, 2.05) is 43.3 Å². The van der Waals surface area contributed by atoms with Crippen molar-refractivity contribution in [2.75, 3.05) is 0 Å². The van der Waals surface area contributed by atoms with Gasteiger partial charge in [0.25, 0.3) is 0 Å². The predicted molar refractivity (Wildman–Crippen MR) is 82.4 cm³/mol. The average molecular weight is 278 g/mol. The Kier molecular flexibility index (Phi) is 3.40. The van der Waals surface area contributed by atoms with Crippen molar-refractivity contribution in [1.82, 2.24) is 0 Å². The van der Waals surface area contributed by atoms with Gasteiger partial charge in [-0.15, -0.1) is 0 Å². The van der Waals surface area contributed by atoms with Gasteiger partial charge in [0.2, 0.25) is 0 Å². The molecule has 0 amide bonds. The standard InChI is InChI=1S/C18H14O3/c1-12-4-2-3-5-14(12)16-11-18(20)21-17-10-13(8-9-19)6-7-15(16)17/h2-7,9-11H,8H2,1H3. The van der Waals surface area contributed by atoms with Crippen LogP contribution in [0.4, 0.5) is 0 Å². The first-order chi connectivity index (χ1) is 10.2. The van der Waals surface area contributed by atoms with Crippen LogP contribution in [0.5, 0.6) is 0 Å². The largest absolute Gasteiger partial charge is 0.423 e. The van der Waals surface area contributed by atoms with Crippen LogP contribution in [0.1, 0.15) is 11.1 Å². The van der Waals surface area contributed by atoms with Crippen LogP contribution in [0.2, 0.25) is 0 Å². The number of carbonyl (C=O) groups is 1. The summed E-state index contributed by atoms with van der Waals surface area (Å²) in [5, 5.41) is 0.874. The SMILES string of the molecule is Cc1ccccc1-c1cc(=O)oc2cc(CC=O)ccc12. The van der Waals surface area contributed by atoms with Crippen LogP contribution < -0.4 is 5.63 Å². The molecule has 0 unspecified atom stereocenters. The van der Waals surface area contributed by atoms with E-state index in [0.29, 0.717) is 12.0 Å². The molecule has 1 heterocycles. The van der Waals surface area contributed by atoms with Crippen LogP contribution in [-0.2, 0) is 11.2 Å². The summed E-state index contributed by atoms with van der Waals surface area (Å²) in [4.78, 5) is 22.4. The molecule has 0 aliphatic rings. The van der Waals surface area contributed by atoms with Gasteiger partial charge in [-0.2, -0.15) is 0 Å². The Labute approximate surface area is 121 Å². The second-order valence-electron chi connectivity index (χ2n) is 5.00. The average Bonchev–Trinajstić information content (AvgIpc) is 2.47. The maximum absolute atomic E-state index is 11.8. The third-order valence-corrected chi connectivity index (χ3v) is 3.56. The molecule has 2 aromatic carbocycles. The lowest BCUT2D eigenvalue weighted by Crippen LogP contribution is -1.99. The fourth-order valence-electron chi connectivity index (χ4n) is 2.53. The summed E-state index contributed by atoms with van der Waals surface area (Å²) in [7, 11) is 0. The van der Waals surface area contributed by atoms with E-state index in [-0.39, 0.29) is 5.63 Å². The molecule has 104 valence electrons. The molecule has 3 heteroatoms. The first-order valence-corrected chi connectivity index (χ1v) is 6.75. The van der Waals surface area contributed by atoms with Gasteiger partial charge in [-0.05, 0) is 29.7 Å². The van der Waals surface area contributed by atoms with Crippen LogP contribution in [0.15, 0.2) is 57.7 Å². The van der Waals surface area contributed by atoms with Crippen molar-refractivity contribution in [1.29, 1.82) is 0 Å². The lowest BCUT2D eigenvalue weighted by Gasteiger charge is -2.09. The van der Waals surface area contributed by atoms with E-state index in [0.717, 1.165) is 33.9 Å². The van der Waals surface area contributed by atoms with Crippen LogP contribution in [-0.4, -0.2) is 6.29 Å². The smallest absolute Gasteiger partial charge is 0.336 e. The predicted octanol–water partition coefficient (Wildman–Crippen LogP) is 3.51. The Bertz CT molecular complexity index is 875. The summed E-state index contributed by atoms with van der Waals surface area (Å²) in [6, 6.07) is 15.0. The van der Waals surface area contributed by atoms with Gasteiger partial charge >= 0.3 is 5.63 Å². The van der Waals surface area contributed by atoms with E-state index in [1.165, 1.54) is 6.07 Å². The number of hydrogen-bond acceptors (Lipinski definition) is 3. The molecule has 0 saturated carbocycles. The summed E-state index contributed by atoms with van der Waals surface area (Å²) < 4.78 is 5.28. The minimum absolute atomic E-state index is 0.314. The Morgan fingerprint density at radius 2 is 1.86 bits per heavy atom. The van der Waals surface area contributed by atoms with Crippen molar-refractivity contribution in [2.24, 2.45) is 0 Å². The van der Waals surface area contributed by atoms with Gasteiger partial charge in [0.1, 0.15) is 11.9 Å². The maximum Gasteiger partial charge on any atom is 0.336 e. The number of fused-ring (bicyclic) bond motifs is 1. The molecule has 3 rings (SSSR count). The highest BCUT2D eigenvalue weighted by Crippen LogP contribution is 2.29. The highest BCUT2D eigenvalue weighted by molar-refractivity contribution is 5.94. The molecule has 0 spiro atoms. The van der Waals surface area contributed by atoms with Gasteiger partial charge in [-0.3, -0.25) is 0 Å². The lowest BCUT2D eigenvalue weighted by atomic mass is 9.97. The second kappa shape index (κ2) is 5.37. The minimum Gasteiger partial charge on any atom is -0.423 e. The summed E-state index contributed by atoms with van der Waals surface area (Å²) in [6.45, 7) is 2.01. The molecule has 0 atom stereocenters. The van der Waals surface area contributed by atoms with Gasteiger partial charge in [0.15, 0.2) is 0 Å². The third-order valence-electron chi connectivity index (χ3n) is 3.56. The number of aryl methyl sites for hydroxylation is 1. The van der Waals surface area contributed by atoms with Crippen LogP contribution in [0, 0.1) is 6.92 Å². The number of hydrogen-bond donors (Lipinski definition) is 0. The minimum atomic E-state index is -0.385. The van der Waals surface area contributed by atoms with Crippen molar-refractivity contribution in [2.45, 2.75) is 13.3 Å². The molecule has 3 nitrogen and oxygen atoms in total. The molecule has 0 aliphatic carbocycles. The van der Waals surface area contributed by atoms with E-state index >= 15 is 0 Å². The van der Waals surface area contributed by atoms with Gasteiger partial charge in [0, 0.05) is 23.4 Å². The third kappa shape index (κ3) is 2.50. The second-order valence-corrected chi connectivity index (χ2v) is 5.00. The van der Waals surface area contributed by atoms with Gasteiger partial charge in [0.05, 0.1) is 0 Å². The first kappa shape index (κ1) is 13.3. The Morgan fingerprint density at radius 3 is 2.62 bits per heavy atom. The quantitative estimate of drug-likeness (QED) is 0.544. The number of aldehydes is 1. The zero-order valence-corrected chi connectivity index (χ0v) is 11.6. The Morgan fingerprint density at radius 1 is 1.05 bits per heavy atom. The normalized spacial score (nSPS) is 10.7. The molecular weight excluding hydrogens is 264 g/mol. The molecular formula is C18H14O3. The molecule has 0 aliphatic heterocycles. The highest BCUT2D eigenvalue weighted by Gasteiger charge is 2.10. The van der Waals surface area contributed by atoms with E-state index in [1.54, 1.807) is 6.07 Å². The van der Waals surface area contributed by atoms with Crippen molar-refractivity contribution in [3.05, 3.63) is 70.1 Å². The molecule has 0 fully saturated rings. The topological polar surface area (TPSA) is 47.3 Å². The fourth-order valence-corrected chi connectivity index (χ4v) is 2.53. The Balaban J connectivity index is 2.31. The van der Waals surface area contributed by atoms with Crippen molar-refractivity contribution >= 4 is 17.3 Å². The lowest BCUT2D eigenvalue weighted by molar-refractivity contribution is -0.107. The summed E-state index contributed by atoms with van der Waals surface area (Å²) >= 11 is 0. The number of rotatable bonds is 3. The van der Waals surface area contributed by atoms with Crippen molar-refractivity contribution in [3.63, 3.8) is 0 Å². The van der Waals surface area contributed by atoms with Crippen LogP contribution in [0.25, 0.3) is 22.1 Å². The fraction of sp³-hybridized carbons (Fsp3) is 0.111. The van der Waals surface area contributed by atoms with E-state index in [4.69, 9.17) is 4.42 Å². The van der Waals surface area contributed by atoms with E-state index < -0.39 is 0 Å². The summed E-state index contributed by atoms with van der Waals surface area (Å²) in [5.41, 5.74) is 3.93. The highest BCUT2D eigenvalue weighted by atomic mass is 16.4. The molecule has 21 heavy (non-hydrogen) atoms. The molecule has 0 radical (unpaired) electrons. The summed E-state index contributed by atoms with van der Waals surface area (Å²) in [5.74, 6) is 0. The van der Waals surface area contributed by atoms with Crippen molar-refractivity contribution in [3.8, 4) is 11.1 Å². The molecule has 0 saturated heterocycles. The summed E-state index contributed by atoms with van der Waals surface area (Å²) in [6.07, 6.45) is 1.15. The zero-order chi connectivity index (χ0) is 14.8. The van der Waals surface area contributed by atoms with Gasteiger partial charge in [-0.25, -0.2) is 4.79 Å². The molecule has 1 aromatic heterocycles. The monoisotopic (exact) mass is 278 g/mol. The molecule has 0 bridgehead atoms. The molecule has 0 N–H and O–H groups in total. The number of carbonyl (C=O) groups excluding carboxylic acids is 1. The van der Waals surface area contributed by atoms with Crippen molar-refractivity contribution < 1.29 is 9.21 Å². The maximum atomic E-state index is 11.8. The van der Waals surface area contributed by atoms with E-state index in [9.17, 15) is 9.59 Å². The van der Waals surface area contributed by atoms with Gasteiger partial charge in [-0.1, -0.05) is 36.4 Å².